The van der Waals surface area contributed by atoms with Gasteiger partial charge in [-0.15, -0.1) is 0 Å². The zero-order chi connectivity index (χ0) is 13.8. The van der Waals surface area contributed by atoms with Crippen molar-refractivity contribution in [3.05, 3.63) is 0 Å². The molecule has 0 unspecified atom stereocenters. The SMILES string of the molecule is CC(C)CSC[C@@H]1[C@@H]2O[C@]3(O)C[C@H]1C(=O)C[C@]3(C)O2. The van der Waals surface area contributed by atoms with Crippen molar-refractivity contribution < 1.29 is 19.4 Å². The fraction of sp³-hybridized carbons (Fsp3) is 0.929. The first kappa shape index (κ1) is 13.9. The van der Waals surface area contributed by atoms with Crippen LogP contribution in [0.15, 0.2) is 0 Å². The van der Waals surface area contributed by atoms with Crippen LogP contribution in [0.2, 0.25) is 0 Å². The third-order valence-corrected chi connectivity index (χ3v) is 6.09. The molecular weight excluding hydrogens is 264 g/mol. The molecule has 1 saturated carbocycles. The maximum Gasteiger partial charge on any atom is 0.198 e. The van der Waals surface area contributed by atoms with Crippen molar-refractivity contribution in [3.8, 4) is 0 Å². The summed E-state index contributed by atoms with van der Waals surface area (Å²) in [5.41, 5.74) is -0.845. The van der Waals surface area contributed by atoms with E-state index in [4.69, 9.17) is 9.47 Å². The molecule has 2 saturated heterocycles. The van der Waals surface area contributed by atoms with Crippen LogP contribution in [0.5, 0.6) is 0 Å². The van der Waals surface area contributed by atoms with Crippen LogP contribution < -0.4 is 0 Å². The summed E-state index contributed by atoms with van der Waals surface area (Å²) in [6, 6.07) is 0. The Balaban J connectivity index is 1.76. The lowest BCUT2D eigenvalue weighted by Gasteiger charge is -2.45. The van der Waals surface area contributed by atoms with Crippen LogP contribution in [-0.4, -0.2) is 40.1 Å². The van der Waals surface area contributed by atoms with Crippen molar-refractivity contribution in [2.75, 3.05) is 11.5 Å². The van der Waals surface area contributed by atoms with E-state index < -0.39 is 17.7 Å². The van der Waals surface area contributed by atoms with Gasteiger partial charge in [-0.3, -0.25) is 4.79 Å². The van der Waals surface area contributed by atoms with Gasteiger partial charge in [0.2, 0.25) is 0 Å². The standard InChI is InChI=1S/C14H22O4S/c1-8(2)6-19-7-10-9-4-14(16)13(3,5-11(9)15)17-12(10)18-14/h8-10,12,16H,4-7H2,1-3H3/t9-,10+,12+,13+,14-/m1/s1. The van der Waals surface area contributed by atoms with Crippen LogP contribution in [0.25, 0.3) is 0 Å². The van der Waals surface area contributed by atoms with Crippen LogP contribution >= 0.6 is 11.8 Å². The molecule has 3 bridgehead atoms. The van der Waals surface area contributed by atoms with E-state index in [0.29, 0.717) is 12.3 Å². The molecule has 0 aromatic rings. The number of hydrogen-bond acceptors (Lipinski definition) is 5. The average Bonchev–Trinajstić information content (AvgIpc) is 2.45. The van der Waals surface area contributed by atoms with E-state index in [2.05, 4.69) is 13.8 Å². The van der Waals surface area contributed by atoms with Crippen molar-refractivity contribution in [2.24, 2.45) is 17.8 Å². The predicted molar refractivity (Wildman–Crippen MR) is 72.7 cm³/mol. The highest BCUT2D eigenvalue weighted by molar-refractivity contribution is 7.99. The number of aliphatic hydroxyl groups is 1. The maximum absolute atomic E-state index is 12.2. The van der Waals surface area contributed by atoms with E-state index in [9.17, 15) is 9.90 Å². The Morgan fingerprint density at radius 2 is 2.21 bits per heavy atom. The van der Waals surface area contributed by atoms with Gasteiger partial charge in [0.25, 0.3) is 0 Å². The summed E-state index contributed by atoms with van der Waals surface area (Å²) in [5, 5.41) is 10.5. The zero-order valence-electron chi connectivity index (χ0n) is 11.7. The molecule has 1 N–H and O–H groups in total. The Morgan fingerprint density at radius 1 is 1.47 bits per heavy atom. The predicted octanol–water partition coefficient (Wildman–Crippen LogP) is 1.80. The third kappa shape index (κ3) is 2.06. The smallest absolute Gasteiger partial charge is 0.198 e. The van der Waals surface area contributed by atoms with E-state index in [1.807, 2.05) is 11.8 Å². The highest BCUT2D eigenvalue weighted by Gasteiger charge is 2.69. The first-order valence-electron chi connectivity index (χ1n) is 7.03. The lowest BCUT2D eigenvalue weighted by Crippen LogP contribution is -2.59. The minimum absolute atomic E-state index is 0.0841. The lowest BCUT2D eigenvalue weighted by molar-refractivity contribution is -0.266. The highest BCUT2D eigenvalue weighted by atomic mass is 32.2. The number of carbonyl (C=O) groups excluding carboxylic acids is 1. The molecule has 3 rings (SSSR count). The van der Waals surface area contributed by atoms with E-state index in [-0.39, 0.29) is 24.0 Å². The van der Waals surface area contributed by atoms with Gasteiger partial charge in [0.1, 0.15) is 11.4 Å². The van der Waals surface area contributed by atoms with Crippen molar-refractivity contribution >= 4 is 17.5 Å². The van der Waals surface area contributed by atoms with Crippen LogP contribution in [0.1, 0.15) is 33.6 Å². The Kier molecular flexibility index (Phi) is 3.25. The van der Waals surface area contributed by atoms with Crippen molar-refractivity contribution in [2.45, 2.75) is 51.3 Å². The maximum atomic E-state index is 12.2. The van der Waals surface area contributed by atoms with Gasteiger partial charge in [-0.1, -0.05) is 13.8 Å². The molecule has 0 amide bonds. The van der Waals surface area contributed by atoms with E-state index in [1.165, 1.54) is 0 Å². The number of rotatable bonds is 4. The quantitative estimate of drug-likeness (QED) is 0.854. The minimum Gasteiger partial charge on any atom is -0.363 e. The largest absolute Gasteiger partial charge is 0.363 e. The molecule has 0 spiro atoms. The number of fused-ring (bicyclic) bond motifs is 2. The number of ketones is 1. The topological polar surface area (TPSA) is 55.8 Å². The fourth-order valence-electron chi connectivity index (χ4n) is 3.40. The second kappa shape index (κ2) is 4.45. The first-order valence-corrected chi connectivity index (χ1v) is 8.18. The monoisotopic (exact) mass is 286 g/mol. The number of hydrogen-bond donors (Lipinski definition) is 1. The van der Waals surface area contributed by atoms with E-state index in [0.717, 1.165) is 11.5 Å². The number of carbonyl (C=O) groups is 1. The minimum atomic E-state index is -1.25. The van der Waals surface area contributed by atoms with Gasteiger partial charge in [0.15, 0.2) is 12.1 Å². The van der Waals surface area contributed by atoms with Gasteiger partial charge in [0, 0.05) is 30.4 Å². The second-order valence-corrected chi connectivity index (χ2v) is 7.74. The molecule has 3 fully saturated rings. The molecule has 0 radical (unpaired) electrons. The lowest BCUT2D eigenvalue weighted by atomic mass is 9.70. The van der Waals surface area contributed by atoms with Gasteiger partial charge in [-0.2, -0.15) is 11.8 Å². The molecule has 4 nitrogen and oxygen atoms in total. The summed E-state index contributed by atoms with van der Waals surface area (Å²) >= 11 is 1.85. The van der Waals surface area contributed by atoms with Gasteiger partial charge in [-0.25, -0.2) is 0 Å². The highest BCUT2D eigenvalue weighted by Crippen LogP contribution is 2.56. The number of Topliss-reactive ketones (excluding diaryl/α,β-unsaturated/α-hetero) is 1. The normalized spacial score (nSPS) is 48.3. The van der Waals surface area contributed by atoms with E-state index >= 15 is 0 Å². The first-order chi connectivity index (χ1) is 8.85. The number of thioether (sulfide) groups is 1. The molecule has 2 aliphatic heterocycles. The molecule has 1 aliphatic carbocycles. The molecular formula is C14H22O4S. The van der Waals surface area contributed by atoms with Crippen LogP contribution in [0.3, 0.4) is 0 Å². The van der Waals surface area contributed by atoms with E-state index in [1.54, 1.807) is 6.92 Å². The van der Waals surface area contributed by atoms with Crippen molar-refractivity contribution in [1.82, 2.24) is 0 Å². The molecule has 0 aromatic carbocycles. The van der Waals surface area contributed by atoms with Crippen LogP contribution in [0.4, 0.5) is 0 Å². The molecule has 5 atom stereocenters. The van der Waals surface area contributed by atoms with Crippen LogP contribution in [-0.2, 0) is 14.3 Å². The molecule has 3 aliphatic rings. The van der Waals surface area contributed by atoms with Gasteiger partial charge < -0.3 is 14.6 Å². The Labute approximate surface area is 118 Å². The van der Waals surface area contributed by atoms with Gasteiger partial charge in [-0.05, 0) is 18.6 Å². The van der Waals surface area contributed by atoms with Crippen LogP contribution in [0, 0.1) is 17.8 Å². The molecule has 2 heterocycles. The van der Waals surface area contributed by atoms with Crippen molar-refractivity contribution in [3.63, 3.8) is 0 Å². The molecule has 19 heavy (non-hydrogen) atoms. The summed E-state index contributed by atoms with van der Waals surface area (Å²) in [7, 11) is 0. The molecule has 108 valence electrons. The second-order valence-electron chi connectivity index (χ2n) is 6.67. The number of ether oxygens (including phenoxy) is 2. The van der Waals surface area contributed by atoms with Crippen molar-refractivity contribution in [1.29, 1.82) is 0 Å². The summed E-state index contributed by atoms with van der Waals surface area (Å²) in [4.78, 5) is 12.2. The summed E-state index contributed by atoms with van der Waals surface area (Å²) in [5.74, 6) is 1.54. The zero-order valence-corrected chi connectivity index (χ0v) is 12.5. The van der Waals surface area contributed by atoms with Gasteiger partial charge in [0.05, 0.1) is 0 Å². The Morgan fingerprint density at radius 3 is 2.89 bits per heavy atom. The summed E-state index contributed by atoms with van der Waals surface area (Å²) in [6.45, 7) is 6.17. The average molecular weight is 286 g/mol. The third-order valence-electron chi connectivity index (χ3n) is 4.56. The molecule has 0 aromatic heterocycles. The Bertz CT molecular complexity index is 399. The fourth-order valence-corrected chi connectivity index (χ4v) is 4.67. The molecule has 5 heteroatoms. The summed E-state index contributed by atoms with van der Waals surface area (Å²) < 4.78 is 11.6. The Hall–Kier alpha value is -0.100. The van der Waals surface area contributed by atoms with Gasteiger partial charge >= 0.3 is 0 Å². The summed E-state index contributed by atoms with van der Waals surface area (Å²) in [6.07, 6.45) is 0.252.